The Balaban J connectivity index is 1.25. The average molecular weight is 379 g/mol. The van der Waals surface area contributed by atoms with E-state index in [1.165, 1.54) is 0 Å². The van der Waals surface area contributed by atoms with Crippen LogP contribution in [0.4, 0.5) is 5.69 Å². The van der Waals surface area contributed by atoms with E-state index in [9.17, 15) is 4.79 Å². The zero-order chi connectivity index (χ0) is 19.3. The van der Waals surface area contributed by atoms with E-state index in [-0.39, 0.29) is 12.7 Å². The zero-order valence-corrected chi connectivity index (χ0v) is 15.6. The number of fused-ring (bicyclic) bond motifs is 1. The Labute approximate surface area is 162 Å². The first-order valence-corrected chi connectivity index (χ1v) is 9.05. The molecule has 7 nitrogen and oxygen atoms in total. The molecule has 1 aliphatic heterocycles. The SMILES string of the molecule is Cn1ccnc1COc1ccc(NC(=O)CCc2ccc3c(c2)OCO3)cc1. The van der Waals surface area contributed by atoms with Crippen LogP contribution in [0.2, 0.25) is 0 Å². The molecule has 0 saturated heterocycles. The summed E-state index contributed by atoms with van der Waals surface area (Å²) in [6.45, 7) is 0.644. The summed E-state index contributed by atoms with van der Waals surface area (Å²) in [5, 5.41) is 2.90. The van der Waals surface area contributed by atoms with Crippen molar-refractivity contribution >= 4 is 11.6 Å². The van der Waals surface area contributed by atoms with Crippen LogP contribution in [0.3, 0.4) is 0 Å². The third-order valence-corrected chi connectivity index (χ3v) is 4.50. The Bertz CT molecular complexity index is 966. The maximum atomic E-state index is 12.2. The molecule has 0 atom stereocenters. The van der Waals surface area contributed by atoms with Gasteiger partial charge < -0.3 is 24.1 Å². The van der Waals surface area contributed by atoms with E-state index < -0.39 is 0 Å². The topological polar surface area (TPSA) is 74.6 Å². The minimum absolute atomic E-state index is 0.0423. The summed E-state index contributed by atoms with van der Waals surface area (Å²) < 4.78 is 18.3. The van der Waals surface area contributed by atoms with E-state index in [1.54, 1.807) is 6.20 Å². The fraction of sp³-hybridized carbons (Fsp3) is 0.238. The molecule has 1 aromatic heterocycles. The van der Waals surface area contributed by atoms with Crippen LogP contribution < -0.4 is 19.5 Å². The second kappa shape index (κ2) is 8.04. The second-order valence-electron chi connectivity index (χ2n) is 6.50. The van der Waals surface area contributed by atoms with E-state index in [2.05, 4.69) is 10.3 Å². The first kappa shape index (κ1) is 17.9. The molecule has 3 aromatic rings. The molecule has 28 heavy (non-hydrogen) atoms. The number of hydrogen-bond donors (Lipinski definition) is 1. The Morgan fingerprint density at radius 1 is 1.18 bits per heavy atom. The molecular formula is C21H21N3O4. The summed E-state index contributed by atoms with van der Waals surface area (Å²) in [6, 6.07) is 13.1. The molecule has 1 amide bonds. The van der Waals surface area contributed by atoms with Gasteiger partial charge in [-0.25, -0.2) is 4.98 Å². The molecule has 2 heterocycles. The van der Waals surface area contributed by atoms with Crippen molar-refractivity contribution in [2.75, 3.05) is 12.1 Å². The van der Waals surface area contributed by atoms with Crippen molar-refractivity contribution in [2.45, 2.75) is 19.4 Å². The van der Waals surface area contributed by atoms with Crippen molar-refractivity contribution in [3.05, 3.63) is 66.2 Å². The van der Waals surface area contributed by atoms with Gasteiger partial charge in [0.25, 0.3) is 0 Å². The number of carbonyl (C=O) groups is 1. The molecule has 0 fully saturated rings. The summed E-state index contributed by atoms with van der Waals surface area (Å²) in [4.78, 5) is 16.4. The van der Waals surface area contributed by atoms with Crippen LogP contribution in [0.5, 0.6) is 17.2 Å². The molecule has 0 spiro atoms. The first-order valence-electron chi connectivity index (χ1n) is 9.05. The van der Waals surface area contributed by atoms with Gasteiger partial charge in [0.05, 0.1) is 0 Å². The zero-order valence-electron chi connectivity index (χ0n) is 15.6. The van der Waals surface area contributed by atoms with Crippen LogP contribution in [0.15, 0.2) is 54.9 Å². The van der Waals surface area contributed by atoms with E-state index in [4.69, 9.17) is 14.2 Å². The largest absolute Gasteiger partial charge is 0.486 e. The molecular weight excluding hydrogens is 358 g/mol. The monoisotopic (exact) mass is 379 g/mol. The van der Waals surface area contributed by atoms with Gasteiger partial charge >= 0.3 is 0 Å². The number of amides is 1. The number of nitrogens with zero attached hydrogens (tertiary/aromatic N) is 2. The predicted molar refractivity (Wildman–Crippen MR) is 103 cm³/mol. The van der Waals surface area contributed by atoms with E-state index in [0.717, 1.165) is 34.3 Å². The molecule has 1 N–H and O–H groups in total. The molecule has 1 aliphatic rings. The van der Waals surface area contributed by atoms with E-state index in [1.807, 2.05) is 60.3 Å². The number of anilines is 1. The number of hydrogen-bond acceptors (Lipinski definition) is 5. The number of imidazole rings is 1. The summed E-state index contributed by atoms with van der Waals surface area (Å²) in [7, 11) is 1.92. The minimum atomic E-state index is -0.0423. The number of ether oxygens (including phenoxy) is 3. The van der Waals surface area contributed by atoms with Gasteiger partial charge in [-0.15, -0.1) is 0 Å². The van der Waals surface area contributed by atoms with Gasteiger partial charge in [0.15, 0.2) is 11.5 Å². The summed E-state index contributed by atoms with van der Waals surface area (Å²) in [5.74, 6) is 3.01. The molecule has 0 aliphatic carbocycles. The highest BCUT2D eigenvalue weighted by Crippen LogP contribution is 2.32. The Morgan fingerprint density at radius 2 is 2.00 bits per heavy atom. The molecule has 0 unspecified atom stereocenters. The highest BCUT2D eigenvalue weighted by molar-refractivity contribution is 5.90. The fourth-order valence-corrected chi connectivity index (χ4v) is 2.90. The predicted octanol–water partition coefficient (Wildman–Crippen LogP) is 3.30. The highest BCUT2D eigenvalue weighted by Gasteiger charge is 2.13. The average Bonchev–Trinajstić information content (AvgIpc) is 3.34. The molecule has 0 bridgehead atoms. The van der Waals surface area contributed by atoms with Crippen LogP contribution in [0.1, 0.15) is 17.8 Å². The van der Waals surface area contributed by atoms with Gasteiger partial charge in [-0.05, 0) is 48.4 Å². The van der Waals surface area contributed by atoms with Crippen molar-refractivity contribution < 1.29 is 19.0 Å². The Hall–Kier alpha value is -3.48. The summed E-state index contributed by atoms with van der Waals surface area (Å²) in [5.41, 5.74) is 1.78. The third kappa shape index (κ3) is 4.25. The molecule has 2 aromatic carbocycles. The van der Waals surface area contributed by atoms with Gasteiger partial charge in [-0.1, -0.05) is 6.07 Å². The van der Waals surface area contributed by atoms with Crippen LogP contribution in [0.25, 0.3) is 0 Å². The van der Waals surface area contributed by atoms with E-state index in [0.29, 0.717) is 19.4 Å². The van der Waals surface area contributed by atoms with Crippen LogP contribution >= 0.6 is 0 Å². The molecule has 7 heteroatoms. The van der Waals surface area contributed by atoms with Gasteiger partial charge in [-0.2, -0.15) is 0 Å². The summed E-state index contributed by atoms with van der Waals surface area (Å²) in [6.07, 6.45) is 4.63. The lowest BCUT2D eigenvalue weighted by molar-refractivity contribution is -0.116. The van der Waals surface area contributed by atoms with Crippen molar-refractivity contribution in [2.24, 2.45) is 7.05 Å². The van der Waals surface area contributed by atoms with Crippen LogP contribution in [0, 0.1) is 0 Å². The Kier molecular flexibility index (Phi) is 5.14. The van der Waals surface area contributed by atoms with Crippen molar-refractivity contribution in [3.8, 4) is 17.2 Å². The second-order valence-corrected chi connectivity index (χ2v) is 6.50. The van der Waals surface area contributed by atoms with Gasteiger partial charge in [-0.3, -0.25) is 4.79 Å². The molecule has 4 rings (SSSR count). The lowest BCUT2D eigenvalue weighted by Crippen LogP contribution is -2.12. The number of aryl methyl sites for hydroxylation is 2. The smallest absolute Gasteiger partial charge is 0.231 e. The maximum absolute atomic E-state index is 12.2. The van der Waals surface area contributed by atoms with Gasteiger partial charge in [0.2, 0.25) is 12.7 Å². The number of carbonyl (C=O) groups excluding carboxylic acids is 1. The maximum Gasteiger partial charge on any atom is 0.231 e. The quantitative estimate of drug-likeness (QED) is 0.682. The number of benzene rings is 2. The third-order valence-electron chi connectivity index (χ3n) is 4.50. The van der Waals surface area contributed by atoms with Gasteiger partial charge in [0, 0.05) is 31.5 Å². The number of rotatable bonds is 7. The normalized spacial score (nSPS) is 12.0. The van der Waals surface area contributed by atoms with Gasteiger partial charge in [0.1, 0.15) is 18.2 Å². The minimum Gasteiger partial charge on any atom is -0.486 e. The lowest BCUT2D eigenvalue weighted by Gasteiger charge is -2.09. The summed E-state index contributed by atoms with van der Waals surface area (Å²) >= 11 is 0. The van der Waals surface area contributed by atoms with Crippen LogP contribution in [-0.4, -0.2) is 22.3 Å². The highest BCUT2D eigenvalue weighted by atomic mass is 16.7. The van der Waals surface area contributed by atoms with Crippen molar-refractivity contribution in [1.29, 1.82) is 0 Å². The van der Waals surface area contributed by atoms with E-state index >= 15 is 0 Å². The standard InChI is InChI=1S/C21H21N3O4/c1-24-11-10-22-20(24)13-26-17-6-4-16(5-7-17)23-21(25)9-3-15-2-8-18-19(12-15)28-14-27-18/h2,4-8,10-12H,3,9,13-14H2,1H3,(H,23,25). The first-order chi connectivity index (χ1) is 13.7. The van der Waals surface area contributed by atoms with Crippen molar-refractivity contribution in [3.63, 3.8) is 0 Å². The van der Waals surface area contributed by atoms with Crippen LogP contribution in [-0.2, 0) is 24.9 Å². The lowest BCUT2D eigenvalue weighted by atomic mass is 10.1. The molecule has 0 radical (unpaired) electrons. The van der Waals surface area contributed by atoms with Crippen molar-refractivity contribution in [1.82, 2.24) is 9.55 Å². The molecule has 0 saturated carbocycles. The molecule has 144 valence electrons. The number of nitrogens with one attached hydrogen (secondary N) is 1. The number of aromatic nitrogens is 2. The fourth-order valence-electron chi connectivity index (χ4n) is 2.90. The Morgan fingerprint density at radius 3 is 2.79 bits per heavy atom.